The fourth-order valence-electron chi connectivity index (χ4n) is 2.39. The Morgan fingerprint density at radius 2 is 2.36 bits per heavy atom. The molecule has 0 saturated carbocycles. The summed E-state index contributed by atoms with van der Waals surface area (Å²) in [5, 5.41) is 4.06. The Labute approximate surface area is 134 Å². The second-order valence-electron chi connectivity index (χ2n) is 5.71. The second-order valence-corrected chi connectivity index (χ2v) is 6.85. The fraction of sp³-hybridized carbons (Fsp3) is 0.375. The summed E-state index contributed by atoms with van der Waals surface area (Å²) in [6.07, 6.45) is 5.63. The molecule has 2 N–H and O–H groups in total. The standard InChI is InChI=1S/C16H20N4OS/c1-11(2)9-19-16(21)14-10-20(7-8-22-14)13-4-6-18-15-12(13)3-5-17-15/h3-6,10-11H,7-9H2,1-2H3,(H,17,18)(H,19,21). The molecule has 0 fully saturated rings. The molecule has 1 aliphatic heterocycles. The number of nitrogens with zero attached hydrogens (tertiary/aromatic N) is 2. The molecule has 5 nitrogen and oxygen atoms in total. The maximum atomic E-state index is 12.2. The highest BCUT2D eigenvalue weighted by atomic mass is 32.2. The number of hydrogen-bond acceptors (Lipinski definition) is 4. The molecule has 0 radical (unpaired) electrons. The number of H-pyrrole nitrogens is 1. The van der Waals surface area contributed by atoms with Crippen LogP contribution in [0.4, 0.5) is 5.69 Å². The van der Waals surface area contributed by atoms with Gasteiger partial charge in [0.1, 0.15) is 5.65 Å². The van der Waals surface area contributed by atoms with E-state index in [0.29, 0.717) is 12.5 Å². The van der Waals surface area contributed by atoms with Crippen LogP contribution in [0.1, 0.15) is 13.8 Å². The Morgan fingerprint density at radius 3 is 3.18 bits per heavy atom. The van der Waals surface area contributed by atoms with Crippen molar-refractivity contribution in [2.45, 2.75) is 13.8 Å². The van der Waals surface area contributed by atoms with E-state index in [1.54, 1.807) is 18.0 Å². The Hall–Kier alpha value is -1.95. The third kappa shape index (κ3) is 3.11. The normalized spacial score (nSPS) is 15.2. The smallest absolute Gasteiger partial charge is 0.259 e. The van der Waals surface area contributed by atoms with Gasteiger partial charge < -0.3 is 15.2 Å². The van der Waals surface area contributed by atoms with Gasteiger partial charge in [-0.1, -0.05) is 13.8 Å². The quantitative estimate of drug-likeness (QED) is 0.910. The Bertz CT molecular complexity index is 707. The molecule has 6 heteroatoms. The molecule has 0 saturated heterocycles. The number of pyridine rings is 1. The Balaban J connectivity index is 1.84. The lowest BCUT2D eigenvalue weighted by Gasteiger charge is -2.26. The monoisotopic (exact) mass is 316 g/mol. The van der Waals surface area contributed by atoms with Crippen LogP contribution in [0.5, 0.6) is 0 Å². The van der Waals surface area contributed by atoms with Crippen molar-refractivity contribution in [3.63, 3.8) is 0 Å². The number of rotatable bonds is 4. The summed E-state index contributed by atoms with van der Waals surface area (Å²) in [5.74, 6) is 1.37. The number of carbonyl (C=O) groups excluding carboxylic acids is 1. The van der Waals surface area contributed by atoms with Gasteiger partial charge in [-0.2, -0.15) is 0 Å². The number of aromatic amines is 1. The number of nitrogens with one attached hydrogen (secondary N) is 2. The highest BCUT2D eigenvalue weighted by Gasteiger charge is 2.19. The molecular weight excluding hydrogens is 296 g/mol. The number of amides is 1. The Kier molecular flexibility index (Phi) is 4.38. The average molecular weight is 316 g/mol. The number of thioether (sulfide) groups is 1. The van der Waals surface area contributed by atoms with Crippen LogP contribution in [0.3, 0.4) is 0 Å². The Morgan fingerprint density at radius 1 is 1.50 bits per heavy atom. The number of fused-ring (bicyclic) bond motifs is 1. The fourth-order valence-corrected chi connectivity index (χ4v) is 3.31. The van der Waals surface area contributed by atoms with Crippen molar-refractivity contribution in [3.05, 3.63) is 35.6 Å². The zero-order valence-corrected chi connectivity index (χ0v) is 13.6. The van der Waals surface area contributed by atoms with Crippen molar-refractivity contribution in [1.29, 1.82) is 0 Å². The molecule has 0 unspecified atom stereocenters. The van der Waals surface area contributed by atoms with E-state index >= 15 is 0 Å². The van der Waals surface area contributed by atoms with Crippen LogP contribution in [-0.4, -0.2) is 34.7 Å². The van der Waals surface area contributed by atoms with Gasteiger partial charge in [0.15, 0.2) is 0 Å². The van der Waals surface area contributed by atoms with Gasteiger partial charge in [-0.25, -0.2) is 4.98 Å². The van der Waals surface area contributed by atoms with E-state index in [-0.39, 0.29) is 5.91 Å². The number of anilines is 1. The lowest BCUT2D eigenvalue weighted by Crippen LogP contribution is -2.32. The van der Waals surface area contributed by atoms with Gasteiger partial charge in [0.2, 0.25) is 0 Å². The summed E-state index contributed by atoms with van der Waals surface area (Å²) in [4.78, 5) is 22.6. The molecule has 0 aromatic carbocycles. The first kappa shape index (κ1) is 15.0. The molecule has 0 bridgehead atoms. The van der Waals surface area contributed by atoms with E-state index in [0.717, 1.165) is 33.9 Å². The van der Waals surface area contributed by atoms with Gasteiger partial charge in [-0.3, -0.25) is 4.79 Å². The first-order valence-corrected chi connectivity index (χ1v) is 8.45. The van der Waals surface area contributed by atoms with E-state index in [1.165, 1.54) is 0 Å². The maximum absolute atomic E-state index is 12.2. The molecule has 22 heavy (non-hydrogen) atoms. The lowest BCUT2D eigenvalue weighted by atomic mass is 10.2. The third-order valence-electron chi connectivity index (χ3n) is 3.50. The SMILES string of the molecule is CC(C)CNC(=O)C1=CN(c2ccnc3[nH]ccc23)CCS1. The molecule has 116 valence electrons. The van der Waals surface area contributed by atoms with Crippen molar-refractivity contribution in [2.75, 3.05) is 23.7 Å². The van der Waals surface area contributed by atoms with Crippen molar-refractivity contribution < 1.29 is 4.79 Å². The summed E-state index contributed by atoms with van der Waals surface area (Å²) < 4.78 is 0. The van der Waals surface area contributed by atoms with Crippen molar-refractivity contribution in [2.24, 2.45) is 5.92 Å². The van der Waals surface area contributed by atoms with Gasteiger partial charge in [0, 0.05) is 42.8 Å². The van der Waals surface area contributed by atoms with Crippen molar-refractivity contribution >= 4 is 34.4 Å². The molecule has 1 amide bonds. The number of hydrogen-bond donors (Lipinski definition) is 2. The summed E-state index contributed by atoms with van der Waals surface area (Å²) in [6.45, 7) is 5.77. The van der Waals surface area contributed by atoms with Crippen LogP contribution in [-0.2, 0) is 4.79 Å². The van der Waals surface area contributed by atoms with Crippen LogP contribution in [0.15, 0.2) is 35.6 Å². The molecule has 3 heterocycles. The summed E-state index contributed by atoms with van der Waals surface area (Å²) in [5.41, 5.74) is 1.95. The van der Waals surface area contributed by atoms with Crippen LogP contribution >= 0.6 is 11.8 Å². The lowest BCUT2D eigenvalue weighted by molar-refractivity contribution is -0.116. The predicted octanol–water partition coefficient (Wildman–Crippen LogP) is 2.73. The van der Waals surface area contributed by atoms with Crippen molar-refractivity contribution in [1.82, 2.24) is 15.3 Å². The summed E-state index contributed by atoms with van der Waals surface area (Å²) >= 11 is 1.61. The van der Waals surface area contributed by atoms with Gasteiger partial charge in [-0.15, -0.1) is 11.8 Å². The minimum absolute atomic E-state index is 0.0165. The second kappa shape index (κ2) is 6.44. The molecule has 0 spiro atoms. The predicted molar refractivity (Wildman–Crippen MR) is 91.8 cm³/mol. The minimum atomic E-state index is 0.0165. The molecule has 2 aromatic rings. The zero-order valence-electron chi connectivity index (χ0n) is 12.8. The number of aromatic nitrogens is 2. The van der Waals surface area contributed by atoms with Gasteiger partial charge in [0.05, 0.1) is 10.6 Å². The summed E-state index contributed by atoms with van der Waals surface area (Å²) in [6, 6.07) is 4.01. The average Bonchev–Trinajstić information content (AvgIpc) is 3.01. The first-order valence-electron chi connectivity index (χ1n) is 7.46. The first-order chi connectivity index (χ1) is 10.6. The van der Waals surface area contributed by atoms with Crippen molar-refractivity contribution in [3.8, 4) is 0 Å². The molecule has 1 aliphatic rings. The molecule has 0 aliphatic carbocycles. The molecule has 0 atom stereocenters. The minimum Gasteiger partial charge on any atom is -0.351 e. The van der Waals surface area contributed by atoms with E-state index in [2.05, 4.69) is 34.0 Å². The van der Waals surface area contributed by atoms with Crippen LogP contribution in [0, 0.1) is 5.92 Å². The number of carbonyl (C=O) groups is 1. The van der Waals surface area contributed by atoms with Crippen LogP contribution in [0.2, 0.25) is 0 Å². The van der Waals surface area contributed by atoms with E-state index in [9.17, 15) is 4.79 Å². The molecular formula is C16H20N4OS. The summed E-state index contributed by atoms with van der Waals surface area (Å²) in [7, 11) is 0. The van der Waals surface area contributed by atoms with Gasteiger partial charge in [-0.05, 0) is 18.1 Å². The highest BCUT2D eigenvalue weighted by molar-refractivity contribution is 8.04. The third-order valence-corrected chi connectivity index (χ3v) is 4.49. The van der Waals surface area contributed by atoms with Gasteiger partial charge >= 0.3 is 0 Å². The molecule has 2 aromatic heterocycles. The van der Waals surface area contributed by atoms with E-state index in [1.807, 2.05) is 24.5 Å². The van der Waals surface area contributed by atoms with E-state index in [4.69, 9.17) is 0 Å². The zero-order chi connectivity index (χ0) is 15.5. The highest BCUT2D eigenvalue weighted by Crippen LogP contribution is 2.30. The maximum Gasteiger partial charge on any atom is 0.259 e. The largest absolute Gasteiger partial charge is 0.351 e. The molecule has 3 rings (SSSR count). The van der Waals surface area contributed by atoms with E-state index < -0.39 is 0 Å². The van der Waals surface area contributed by atoms with Crippen LogP contribution < -0.4 is 10.2 Å². The van der Waals surface area contributed by atoms with Crippen LogP contribution in [0.25, 0.3) is 11.0 Å². The van der Waals surface area contributed by atoms with Gasteiger partial charge in [0.25, 0.3) is 5.91 Å². The topological polar surface area (TPSA) is 61.0 Å².